The van der Waals surface area contributed by atoms with Gasteiger partial charge in [-0.1, -0.05) is 17.7 Å². The molecule has 0 aliphatic carbocycles. The molecule has 0 saturated carbocycles. The van der Waals surface area contributed by atoms with E-state index in [4.69, 9.17) is 16.3 Å². The van der Waals surface area contributed by atoms with Crippen LogP contribution in [-0.4, -0.2) is 19.1 Å². The first-order chi connectivity index (χ1) is 11.4. The maximum atomic E-state index is 12.4. The van der Waals surface area contributed by atoms with Gasteiger partial charge in [-0.15, -0.1) is 0 Å². The van der Waals surface area contributed by atoms with Crippen LogP contribution < -0.4 is 14.8 Å². The minimum atomic E-state index is -2.97. The molecule has 0 saturated heterocycles. The highest BCUT2D eigenvalue weighted by molar-refractivity contribution is 6.31. The maximum Gasteiger partial charge on any atom is 0.387 e. The van der Waals surface area contributed by atoms with Gasteiger partial charge in [-0.25, -0.2) is 0 Å². The molecule has 24 heavy (non-hydrogen) atoms. The molecule has 4 nitrogen and oxygen atoms in total. The van der Waals surface area contributed by atoms with Crippen LogP contribution in [-0.2, 0) is 0 Å². The minimum Gasteiger partial charge on any atom is -0.490 e. The van der Waals surface area contributed by atoms with Gasteiger partial charge in [0.1, 0.15) is 0 Å². The van der Waals surface area contributed by atoms with Gasteiger partial charge < -0.3 is 14.8 Å². The summed E-state index contributed by atoms with van der Waals surface area (Å²) in [4.78, 5) is 12.3. The van der Waals surface area contributed by atoms with Gasteiger partial charge in [-0.05, 0) is 49.7 Å². The van der Waals surface area contributed by atoms with Crippen molar-refractivity contribution in [1.82, 2.24) is 0 Å². The Balaban J connectivity index is 2.22. The summed E-state index contributed by atoms with van der Waals surface area (Å²) in [6.45, 7) is 0.828. The second kappa shape index (κ2) is 7.97. The van der Waals surface area contributed by atoms with Crippen molar-refractivity contribution in [3.8, 4) is 11.5 Å². The van der Waals surface area contributed by atoms with Gasteiger partial charge in [-0.2, -0.15) is 8.78 Å². The van der Waals surface area contributed by atoms with E-state index in [1.807, 2.05) is 6.92 Å². The lowest BCUT2D eigenvalue weighted by atomic mass is 10.1. The normalized spacial score (nSPS) is 10.6. The number of anilines is 1. The van der Waals surface area contributed by atoms with E-state index >= 15 is 0 Å². The van der Waals surface area contributed by atoms with Crippen molar-refractivity contribution >= 4 is 23.2 Å². The number of carbonyl (C=O) groups is 1. The van der Waals surface area contributed by atoms with Gasteiger partial charge in [0.05, 0.1) is 6.61 Å². The number of hydrogen-bond acceptors (Lipinski definition) is 3. The standard InChI is InChI=1S/C17H16ClF2NO3/c1-3-23-15-8-11(5-7-14(15)24-17(19)20)16(22)21-12-6-4-10(2)13(18)9-12/h4-9,17H,3H2,1-2H3,(H,21,22). The molecular weight excluding hydrogens is 340 g/mol. The summed E-state index contributed by atoms with van der Waals surface area (Å²) in [6.07, 6.45) is 0. The summed E-state index contributed by atoms with van der Waals surface area (Å²) in [6, 6.07) is 9.14. The fourth-order valence-corrected chi connectivity index (χ4v) is 2.17. The number of benzene rings is 2. The molecular formula is C17H16ClF2NO3. The second-order valence-corrected chi connectivity index (χ2v) is 5.30. The molecule has 0 spiro atoms. The zero-order valence-corrected chi connectivity index (χ0v) is 13.9. The summed E-state index contributed by atoms with van der Waals surface area (Å²) in [5.41, 5.74) is 1.67. The Labute approximate surface area is 143 Å². The molecule has 0 atom stereocenters. The lowest BCUT2D eigenvalue weighted by molar-refractivity contribution is -0.0514. The first kappa shape index (κ1) is 18.0. The highest BCUT2D eigenvalue weighted by Crippen LogP contribution is 2.30. The molecule has 1 amide bonds. The molecule has 0 aromatic heterocycles. The van der Waals surface area contributed by atoms with Gasteiger partial charge in [0.15, 0.2) is 11.5 Å². The zero-order valence-electron chi connectivity index (χ0n) is 13.1. The molecule has 2 aromatic carbocycles. The molecule has 128 valence electrons. The summed E-state index contributed by atoms with van der Waals surface area (Å²) in [5.74, 6) is -0.464. The molecule has 1 N–H and O–H groups in total. The number of nitrogens with one attached hydrogen (secondary N) is 1. The zero-order chi connectivity index (χ0) is 17.7. The van der Waals surface area contributed by atoms with Crippen molar-refractivity contribution in [2.75, 3.05) is 11.9 Å². The fraction of sp³-hybridized carbons (Fsp3) is 0.235. The van der Waals surface area contributed by atoms with Crippen LogP contribution in [0.5, 0.6) is 11.5 Å². The maximum absolute atomic E-state index is 12.4. The Kier molecular flexibility index (Phi) is 5.98. The first-order valence-corrected chi connectivity index (χ1v) is 7.57. The van der Waals surface area contributed by atoms with Crippen LogP contribution in [0.2, 0.25) is 5.02 Å². The van der Waals surface area contributed by atoms with Crippen molar-refractivity contribution in [2.24, 2.45) is 0 Å². The van der Waals surface area contributed by atoms with E-state index in [0.717, 1.165) is 5.56 Å². The molecule has 0 fully saturated rings. The Morgan fingerprint density at radius 3 is 2.58 bits per heavy atom. The molecule has 2 rings (SSSR count). The number of carbonyl (C=O) groups excluding carboxylic acids is 1. The number of ether oxygens (including phenoxy) is 2. The third-order valence-corrected chi connectivity index (χ3v) is 3.56. The van der Waals surface area contributed by atoms with Gasteiger partial charge in [0.2, 0.25) is 0 Å². The molecule has 0 aliphatic heterocycles. The monoisotopic (exact) mass is 355 g/mol. The molecule has 2 aromatic rings. The Morgan fingerprint density at radius 1 is 1.21 bits per heavy atom. The van der Waals surface area contributed by atoms with Crippen LogP contribution in [0.25, 0.3) is 0 Å². The second-order valence-electron chi connectivity index (χ2n) is 4.89. The number of alkyl halides is 2. The van der Waals surface area contributed by atoms with Crippen molar-refractivity contribution in [3.63, 3.8) is 0 Å². The molecule has 0 bridgehead atoms. The van der Waals surface area contributed by atoms with E-state index in [1.165, 1.54) is 18.2 Å². The molecule has 0 unspecified atom stereocenters. The summed E-state index contributed by atoms with van der Waals surface area (Å²) < 4.78 is 34.4. The summed E-state index contributed by atoms with van der Waals surface area (Å²) in [5, 5.41) is 3.22. The number of rotatable bonds is 6. The first-order valence-electron chi connectivity index (χ1n) is 7.20. The smallest absolute Gasteiger partial charge is 0.387 e. The van der Waals surface area contributed by atoms with E-state index in [0.29, 0.717) is 10.7 Å². The van der Waals surface area contributed by atoms with Crippen LogP contribution >= 0.6 is 11.6 Å². The molecule has 0 heterocycles. The number of aryl methyl sites for hydroxylation is 1. The Hall–Kier alpha value is -2.34. The number of halogens is 3. The fourth-order valence-electron chi connectivity index (χ4n) is 1.98. The molecule has 7 heteroatoms. The average Bonchev–Trinajstić information content (AvgIpc) is 2.52. The van der Waals surface area contributed by atoms with Crippen LogP contribution in [0.3, 0.4) is 0 Å². The molecule has 0 aliphatic rings. The Morgan fingerprint density at radius 2 is 1.96 bits per heavy atom. The number of amides is 1. The van der Waals surface area contributed by atoms with Crippen molar-refractivity contribution in [1.29, 1.82) is 0 Å². The third kappa shape index (κ3) is 4.58. The van der Waals surface area contributed by atoms with Crippen LogP contribution in [0, 0.1) is 6.92 Å². The summed E-state index contributed by atoms with van der Waals surface area (Å²) >= 11 is 6.02. The van der Waals surface area contributed by atoms with Crippen molar-refractivity contribution in [2.45, 2.75) is 20.5 Å². The predicted octanol–water partition coefficient (Wildman–Crippen LogP) is 4.90. The van der Waals surface area contributed by atoms with E-state index in [9.17, 15) is 13.6 Å². The van der Waals surface area contributed by atoms with Crippen LogP contribution in [0.15, 0.2) is 36.4 Å². The van der Waals surface area contributed by atoms with Gasteiger partial charge in [-0.3, -0.25) is 4.79 Å². The van der Waals surface area contributed by atoms with E-state index in [-0.39, 0.29) is 23.7 Å². The Bertz CT molecular complexity index is 738. The SMILES string of the molecule is CCOc1cc(C(=O)Nc2ccc(C)c(Cl)c2)ccc1OC(F)F. The topological polar surface area (TPSA) is 47.6 Å². The quantitative estimate of drug-likeness (QED) is 0.801. The summed E-state index contributed by atoms with van der Waals surface area (Å²) in [7, 11) is 0. The van der Waals surface area contributed by atoms with E-state index in [1.54, 1.807) is 25.1 Å². The highest BCUT2D eigenvalue weighted by Gasteiger charge is 2.15. The van der Waals surface area contributed by atoms with E-state index < -0.39 is 12.5 Å². The van der Waals surface area contributed by atoms with Gasteiger partial charge >= 0.3 is 6.61 Å². The van der Waals surface area contributed by atoms with Crippen molar-refractivity contribution in [3.05, 3.63) is 52.5 Å². The van der Waals surface area contributed by atoms with Crippen LogP contribution in [0.1, 0.15) is 22.8 Å². The van der Waals surface area contributed by atoms with Gasteiger partial charge in [0, 0.05) is 16.3 Å². The number of hydrogen-bond donors (Lipinski definition) is 1. The third-order valence-electron chi connectivity index (χ3n) is 3.15. The van der Waals surface area contributed by atoms with Crippen LogP contribution in [0.4, 0.5) is 14.5 Å². The highest BCUT2D eigenvalue weighted by atomic mass is 35.5. The lowest BCUT2D eigenvalue weighted by Gasteiger charge is -2.13. The predicted molar refractivity (Wildman–Crippen MR) is 88.4 cm³/mol. The average molecular weight is 356 g/mol. The van der Waals surface area contributed by atoms with Crippen molar-refractivity contribution < 1.29 is 23.0 Å². The van der Waals surface area contributed by atoms with Gasteiger partial charge in [0.25, 0.3) is 5.91 Å². The minimum absolute atomic E-state index is 0.0763. The lowest BCUT2D eigenvalue weighted by Crippen LogP contribution is -2.13. The largest absolute Gasteiger partial charge is 0.490 e. The molecule has 0 radical (unpaired) electrons. The van der Waals surface area contributed by atoms with E-state index in [2.05, 4.69) is 10.1 Å².